The Hall–Kier alpha value is -1.33. The zero-order chi connectivity index (χ0) is 13.4. The van der Waals surface area contributed by atoms with Crippen LogP contribution in [0.15, 0.2) is 35.7 Å². The summed E-state index contributed by atoms with van der Waals surface area (Å²) in [6.45, 7) is 2.56. The Morgan fingerprint density at radius 3 is 2.79 bits per heavy atom. The van der Waals surface area contributed by atoms with E-state index in [4.69, 9.17) is 12.2 Å². The van der Waals surface area contributed by atoms with Crippen LogP contribution in [0.3, 0.4) is 0 Å². The smallest absolute Gasteiger partial charge is 0.239 e. The van der Waals surface area contributed by atoms with Crippen molar-refractivity contribution in [2.75, 3.05) is 6.54 Å². The minimum atomic E-state index is -0.140. The fraction of sp³-hybridized carbons (Fsp3) is 0.286. The largest absolute Gasteiger partial charge is 0.349 e. The number of carbonyl (C=O) groups excluding carboxylic acids is 1. The van der Waals surface area contributed by atoms with Gasteiger partial charge in [-0.1, -0.05) is 30.3 Å². The molecule has 0 aromatic heterocycles. The lowest BCUT2D eigenvalue weighted by atomic mass is 9.91. The number of benzene rings is 1. The molecule has 1 fully saturated rings. The van der Waals surface area contributed by atoms with Crippen molar-refractivity contribution in [2.45, 2.75) is 12.3 Å². The molecule has 2 atom stereocenters. The molecule has 19 heavy (non-hydrogen) atoms. The monoisotopic (exact) mass is 290 g/mol. The van der Waals surface area contributed by atoms with E-state index in [9.17, 15) is 4.79 Å². The zero-order valence-electron chi connectivity index (χ0n) is 10.5. The molecular formula is C14H14N2OS2. The topological polar surface area (TPSA) is 32.3 Å². The van der Waals surface area contributed by atoms with Crippen molar-refractivity contribution in [1.29, 1.82) is 0 Å². The van der Waals surface area contributed by atoms with Crippen LogP contribution in [0.1, 0.15) is 12.5 Å². The van der Waals surface area contributed by atoms with E-state index in [1.54, 1.807) is 16.7 Å². The summed E-state index contributed by atoms with van der Waals surface area (Å²) in [6.07, 6.45) is 0. The first-order chi connectivity index (χ1) is 9.22. The van der Waals surface area contributed by atoms with E-state index >= 15 is 0 Å². The molecule has 1 saturated heterocycles. The Labute approximate surface area is 122 Å². The third-order valence-corrected chi connectivity index (χ3v) is 4.86. The normalized spacial score (nSPS) is 25.9. The lowest BCUT2D eigenvalue weighted by Gasteiger charge is -2.36. The molecule has 0 spiro atoms. The van der Waals surface area contributed by atoms with Crippen LogP contribution in [0.4, 0.5) is 0 Å². The van der Waals surface area contributed by atoms with Gasteiger partial charge in [0.2, 0.25) is 5.91 Å². The van der Waals surface area contributed by atoms with E-state index in [1.807, 2.05) is 37.3 Å². The molecule has 98 valence electrons. The van der Waals surface area contributed by atoms with Gasteiger partial charge in [0.25, 0.3) is 0 Å². The molecule has 1 amide bonds. The lowest BCUT2D eigenvalue weighted by Crippen LogP contribution is -2.57. The van der Waals surface area contributed by atoms with Crippen LogP contribution >= 0.6 is 24.0 Å². The average molecular weight is 290 g/mol. The van der Waals surface area contributed by atoms with Gasteiger partial charge in [0.1, 0.15) is 0 Å². The number of fused-ring (bicyclic) bond motifs is 1. The molecular weight excluding hydrogens is 276 g/mol. The quantitative estimate of drug-likeness (QED) is 0.848. The molecule has 2 unspecified atom stereocenters. The standard InChI is InChI=1S/C14H14N2OS2/c1-2-16-13(17)11-10(9-6-4-3-5-7-9)8-19-12(11)15-14(16)18/h3-8,11-12H,2H2,1H3,(H,15,18). The van der Waals surface area contributed by atoms with E-state index in [-0.39, 0.29) is 17.2 Å². The first-order valence-electron chi connectivity index (χ1n) is 6.25. The number of carbonyl (C=O) groups is 1. The number of hydrogen-bond donors (Lipinski definition) is 1. The predicted octanol–water partition coefficient (Wildman–Crippen LogP) is 2.45. The number of amides is 1. The van der Waals surface area contributed by atoms with Gasteiger partial charge in [-0.05, 0) is 35.7 Å². The molecule has 2 aliphatic heterocycles. The highest BCUT2D eigenvalue weighted by Gasteiger charge is 2.44. The molecule has 1 N–H and O–H groups in total. The van der Waals surface area contributed by atoms with Crippen molar-refractivity contribution in [3.63, 3.8) is 0 Å². The second-order valence-electron chi connectivity index (χ2n) is 4.51. The first kappa shape index (κ1) is 12.7. The van der Waals surface area contributed by atoms with Crippen molar-refractivity contribution in [3.8, 4) is 0 Å². The summed E-state index contributed by atoms with van der Waals surface area (Å²) in [6, 6.07) is 10.1. The highest BCUT2D eigenvalue weighted by atomic mass is 32.2. The molecule has 0 bridgehead atoms. The Morgan fingerprint density at radius 1 is 1.37 bits per heavy atom. The zero-order valence-corrected chi connectivity index (χ0v) is 12.1. The Morgan fingerprint density at radius 2 is 2.11 bits per heavy atom. The second-order valence-corrected chi connectivity index (χ2v) is 5.91. The summed E-state index contributed by atoms with van der Waals surface area (Å²) in [4.78, 5) is 14.2. The molecule has 1 aromatic rings. The maximum Gasteiger partial charge on any atom is 0.239 e. The van der Waals surface area contributed by atoms with Gasteiger partial charge in [-0.15, -0.1) is 11.8 Å². The molecule has 0 saturated carbocycles. The highest BCUT2D eigenvalue weighted by Crippen LogP contribution is 2.42. The number of nitrogens with zero attached hydrogens (tertiary/aromatic N) is 1. The molecule has 2 aliphatic rings. The van der Waals surface area contributed by atoms with E-state index in [2.05, 4.69) is 10.7 Å². The van der Waals surface area contributed by atoms with Gasteiger partial charge in [0, 0.05) is 6.54 Å². The molecule has 3 rings (SSSR count). The van der Waals surface area contributed by atoms with Crippen molar-refractivity contribution in [2.24, 2.45) is 5.92 Å². The van der Waals surface area contributed by atoms with Crippen LogP contribution in [0.2, 0.25) is 0 Å². The number of rotatable bonds is 2. The minimum Gasteiger partial charge on any atom is -0.349 e. The SMILES string of the molecule is CCN1C(=O)C2C(c3ccccc3)=CSC2NC1=S. The summed E-state index contributed by atoms with van der Waals surface area (Å²) >= 11 is 6.88. The molecule has 1 aromatic carbocycles. The molecule has 2 heterocycles. The maximum absolute atomic E-state index is 12.6. The van der Waals surface area contributed by atoms with Gasteiger partial charge in [-0.2, -0.15) is 0 Å². The van der Waals surface area contributed by atoms with Gasteiger partial charge in [-0.25, -0.2) is 0 Å². The fourth-order valence-electron chi connectivity index (χ4n) is 2.49. The summed E-state index contributed by atoms with van der Waals surface area (Å²) in [5.41, 5.74) is 2.20. The molecule has 5 heteroatoms. The van der Waals surface area contributed by atoms with Gasteiger partial charge in [0.05, 0.1) is 11.3 Å². The Balaban J connectivity index is 1.95. The summed E-state index contributed by atoms with van der Waals surface area (Å²) < 4.78 is 0. The van der Waals surface area contributed by atoms with Crippen LogP contribution in [0, 0.1) is 5.92 Å². The van der Waals surface area contributed by atoms with E-state index in [1.165, 1.54) is 0 Å². The van der Waals surface area contributed by atoms with Gasteiger partial charge < -0.3 is 5.32 Å². The first-order valence-corrected chi connectivity index (χ1v) is 7.60. The van der Waals surface area contributed by atoms with Crippen molar-refractivity contribution >= 4 is 40.6 Å². The summed E-state index contributed by atoms with van der Waals surface area (Å²) in [7, 11) is 0. The summed E-state index contributed by atoms with van der Waals surface area (Å²) in [5.74, 6) is -0.0320. The fourth-order valence-corrected chi connectivity index (χ4v) is 4.08. The van der Waals surface area contributed by atoms with E-state index < -0.39 is 0 Å². The van der Waals surface area contributed by atoms with E-state index in [0.29, 0.717) is 11.7 Å². The Kier molecular flexibility index (Phi) is 3.33. The van der Waals surface area contributed by atoms with Crippen LogP contribution in [0.5, 0.6) is 0 Å². The molecule has 0 radical (unpaired) electrons. The molecule has 0 aliphatic carbocycles. The summed E-state index contributed by atoms with van der Waals surface area (Å²) in [5, 5.41) is 5.92. The predicted molar refractivity (Wildman–Crippen MR) is 82.4 cm³/mol. The number of hydrogen-bond acceptors (Lipinski definition) is 3. The average Bonchev–Trinajstić information content (AvgIpc) is 2.84. The van der Waals surface area contributed by atoms with Gasteiger partial charge >= 0.3 is 0 Å². The van der Waals surface area contributed by atoms with E-state index in [0.717, 1.165) is 11.1 Å². The number of thioether (sulfide) groups is 1. The van der Waals surface area contributed by atoms with Gasteiger partial charge in [-0.3, -0.25) is 9.69 Å². The van der Waals surface area contributed by atoms with Crippen LogP contribution in [0.25, 0.3) is 5.57 Å². The minimum absolute atomic E-state index is 0.0398. The van der Waals surface area contributed by atoms with Crippen molar-refractivity contribution < 1.29 is 4.79 Å². The number of thiocarbonyl (C=S) groups is 1. The lowest BCUT2D eigenvalue weighted by molar-refractivity contribution is -0.130. The molecule has 3 nitrogen and oxygen atoms in total. The van der Waals surface area contributed by atoms with Crippen molar-refractivity contribution in [3.05, 3.63) is 41.3 Å². The van der Waals surface area contributed by atoms with Crippen LogP contribution < -0.4 is 5.32 Å². The van der Waals surface area contributed by atoms with Gasteiger partial charge in [0.15, 0.2) is 5.11 Å². The second kappa shape index (κ2) is 4.98. The Bertz CT molecular complexity index is 556. The number of nitrogens with one attached hydrogen (secondary N) is 1. The van der Waals surface area contributed by atoms with Crippen LogP contribution in [-0.4, -0.2) is 27.8 Å². The third-order valence-electron chi connectivity index (χ3n) is 3.45. The maximum atomic E-state index is 12.6. The van der Waals surface area contributed by atoms with Crippen LogP contribution in [-0.2, 0) is 4.79 Å². The third kappa shape index (κ3) is 2.07. The van der Waals surface area contributed by atoms with Crippen molar-refractivity contribution in [1.82, 2.24) is 10.2 Å². The highest BCUT2D eigenvalue weighted by molar-refractivity contribution is 8.03.